The molecule has 20 nitrogen and oxygen atoms in total. The van der Waals surface area contributed by atoms with Crippen LogP contribution in [0.3, 0.4) is 0 Å². The Morgan fingerprint density at radius 3 is 1.71 bits per heavy atom. The number of para-hydroxylation sites is 2. The summed E-state index contributed by atoms with van der Waals surface area (Å²) in [7, 11) is 11.1. The average molecular weight is 1350 g/mol. The minimum absolute atomic E-state index is 0.118. The highest BCUT2D eigenvalue weighted by atomic mass is 32.1. The van der Waals surface area contributed by atoms with Crippen LogP contribution in [0, 0.1) is 0 Å². The molecule has 0 amide bonds. The Hall–Kier alpha value is -10.3. The number of aromatic nitrogens is 5. The van der Waals surface area contributed by atoms with E-state index in [-0.39, 0.29) is 36.2 Å². The molecule has 0 atom stereocenters. The highest BCUT2D eigenvalue weighted by Crippen LogP contribution is 2.30. The minimum atomic E-state index is -0.474. The highest BCUT2D eigenvalue weighted by Gasteiger charge is 2.22. The maximum absolute atomic E-state index is 12.7. The van der Waals surface area contributed by atoms with Crippen molar-refractivity contribution in [1.29, 1.82) is 0 Å². The van der Waals surface area contributed by atoms with E-state index in [1.165, 1.54) is 0 Å². The second kappa shape index (κ2) is 34.4. The maximum Gasteiger partial charge on any atom is 0.362 e. The van der Waals surface area contributed by atoms with E-state index in [9.17, 15) is 24.0 Å². The third-order valence-electron chi connectivity index (χ3n) is 16.0. The smallest absolute Gasteiger partial charge is 0.362 e. The molecule has 6 aromatic carbocycles. The van der Waals surface area contributed by atoms with Crippen LogP contribution in [0.15, 0.2) is 150 Å². The van der Waals surface area contributed by atoms with Gasteiger partial charge in [-0.1, -0.05) is 85.1 Å². The Labute approximate surface area is 572 Å². The minimum Gasteiger partial charge on any atom is -0.464 e. The molecule has 0 unspecified atom stereocenters. The van der Waals surface area contributed by atoms with Gasteiger partial charge in [-0.15, -0.1) is 0 Å². The van der Waals surface area contributed by atoms with Crippen molar-refractivity contribution in [3.8, 4) is 0 Å². The molecule has 11 rings (SSSR count). The topological polar surface area (TPSA) is 212 Å². The number of carbonyl (C=O) groups is 3. The number of carbonyl (C=O) groups excluding carboxylic acids is 3. The van der Waals surface area contributed by atoms with Crippen molar-refractivity contribution in [3.05, 3.63) is 181 Å². The van der Waals surface area contributed by atoms with Gasteiger partial charge in [-0.2, -0.15) is 9.13 Å². The van der Waals surface area contributed by atoms with Gasteiger partial charge in [0.05, 0.1) is 25.6 Å². The van der Waals surface area contributed by atoms with Crippen molar-refractivity contribution in [2.24, 2.45) is 0 Å². The largest absolute Gasteiger partial charge is 0.464 e. The Balaban J connectivity index is 0.000000171. The Morgan fingerprint density at radius 2 is 1.10 bits per heavy atom. The molecule has 2 radical (unpaired) electrons. The fourth-order valence-corrected chi connectivity index (χ4v) is 12.8. The van der Waals surface area contributed by atoms with Crippen LogP contribution in [0.5, 0.6) is 0 Å². The number of likely N-dealkylation sites (N-methyl/N-ethyl adjacent to an activating group) is 1. The first-order valence-corrected chi connectivity index (χ1v) is 34.0. The molecule has 0 saturated heterocycles. The zero-order valence-corrected chi connectivity index (χ0v) is 57.8. The van der Waals surface area contributed by atoms with E-state index < -0.39 is 11.6 Å². The molecule has 5 aromatic heterocycles. The van der Waals surface area contributed by atoms with Crippen molar-refractivity contribution in [2.45, 2.75) is 73.8 Å². The quantitative estimate of drug-likeness (QED) is 0.0162. The number of hydrogen-bond donors (Lipinski definition) is 0. The van der Waals surface area contributed by atoms with Crippen LogP contribution in [-0.4, -0.2) is 115 Å². The van der Waals surface area contributed by atoms with Gasteiger partial charge in [0, 0.05) is 131 Å². The van der Waals surface area contributed by atoms with Gasteiger partial charge in [-0.05, 0) is 122 Å². The normalized spacial score (nSPS) is 11.4. The first kappa shape index (κ1) is 71.0. The molecule has 0 aliphatic rings. The summed E-state index contributed by atoms with van der Waals surface area (Å²) < 4.78 is 38.3. The van der Waals surface area contributed by atoms with Crippen LogP contribution in [0.4, 0.5) is 22.7 Å². The molecule has 5 heterocycles. The lowest BCUT2D eigenvalue weighted by molar-refractivity contribution is -0.670. The molecule has 0 fully saturated rings. The summed E-state index contributed by atoms with van der Waals surface area (Å²) in [5.74, 6) is -0.814. The average Bonchev–Trinajstić information content (AvgIpc) is 1.78. The number of rotatable bonds is 26. The van der Waals surface area contributed by atoms with E-state index in [0.29, 0.717) is 67.9 Å². The third kappa shape index (κ3) is 18.2. The lowest BCUT2D eigenvalue weighted by Gasteiger charge is -2.20. The van der Waals surface area contributed by atoms with Gasteiger partial charge in [0.25, 0.3) is 16.0 Å². The molecule has 11 aromatic rings. The van der Waals surface area contributed by atoms with Gasteiger partial charge in [-0.25, -0.2) is 19.2 Å². The molecule has 0 saturated carbocycles. The summed E-state index contributed by atoms with van der Waals surface area (Å²) in [6.45, 7) is 18.1. The SMILES string of the molecule is CCC(=O)OCCN(C)c1ccc(/C=C/c2nc3ccc(N(C)C)cc3oc2=O)cc1.CCC(=O)OCC[n+]1c(/C=C/c2cc3ccc(N(CC)CC)cc3oc2=O)sc2ccccc21.[B]CC(=O)OCC[n+]1c(/C=C/c2ccc(N(CC)CC)c3nonc23)sc2ccccc21. The number of fused-ring (bicyclic) bond motifs is 5. The monoisotopic (exact) mass is 1350 g/mol. The van der Waals surface area contributed by atoms with E-state index in [0.717, 1.165) is 107 Å². The van der Waals surface area contributed by atoms with E-state index in [1.807, 2.05) is 140 Å². The summed E-state index contributed by atoms with van der Waals surface area (Å²) in [6, 6.07) is 41.6. The maximum atomic E-state index is 12.7. The molecule has 0 spiro atoms. The van der Waals surface area contributed by atoms with Gasteiger partial charge < -0.3 is 42.6 Å². The molecule has 0 N–H and O–H groups in total. The standard InChI is InChI=1S/C27H29N2O4S.C24H27N3O4.C23H24BN4O3S/c1-4-26(30)32-16-15-29-22-9-7-8-10-24(22)34-25(29)14-12-20-17-19-11-13-21(28(5-2)6-3)18-23(19)33-27(20)31;1-5-23(28)30-15-14-27(4)18-9-6-17(7-10-18)8-12-21-24(29)31-22-16-19(26(2)3)11-13-20(22)25-21;1-3-27(4-2)18-11-9-16(22-23(18)26-31-25-22)10-12-20-28(13-14-30-21(29)15-24)17-7-5-6-8-19(17)32-20/h7-14,17-18H,4-6,15-16H2,1-3H3;6-13,16H,5,14-15H2,1-4H3;5-12H,3-4,13-15H2,1-2H3/q+1;;+1/b;12-8+;. The molecule has 0 aliphatic heterocycles. The van der Waals surface area contributed by atoms with Crippen LogP contribution in [0.2, 0.25) is 6.32 Å². The van der Waals surface area contributed by atoms with Crippen LogP contribution < -0.4 is 40.0 Å². The summed E-state index contributed by atoms with van der Waals surface area (Å²) in [4.78, 5) is 72.0. The van der Waals surface area contributed by atoms with Crippen molar-refractivity contribution >= 4 is 161 Å². The van der Waals surface area contributed by atoms with Gasteiger partial charge in [0.2, 0.25) is 11.0 Å². The van der Waals surface area contributed by atoms with Gasteiger partial charge in [0.15, 0.2) is 37.4 Å². The predicted octanol–water partition coefficient (Wildman–Crippen LogP) is 13.0. The summed E-state index contributed by atoms with van der Waals surface area (Å²) in [6.07, 6.45) is 11.9. The van der Waals surface area contributed by atoms with Crippen molar-refractivity contribution in [3.63, 3.8) is 0 Å². The van der Waals surface area contributed by atoms with Crippen molar-refractivity contribution in [2.75, 3.05) is 93.3 Å². The fraction of sp³-hybridized carbons (Fsp3) is 0.297. The number of benzene rings is 6. The lowest BCUT2D eigenvalue weighted by Crippen LogP contribution is -2.37. The first-order chi connectivity index (χ1) is 47.1. The first-order valence-electron chi connectivity index (χ1n) is 32.4. The number of anilines is 4. The van der Waals surface area contributed by atoms with Crippen LogP contribution in [0.25, 0.3) is 90.0 Å². The lowest BCUT2D eigenvalue weighted by atomic mass is 10.1. The number of thiazole rings is 2. The molecule has 500 valence electrons. The Morgan fingerprint density at radius 1 is 0.546 bits per heavy atom. The van der Waals surface area contributed by atoms with Gasteiger partial charge >= 0.3 is 23.2 Å². The Bertz CT molecular complexity index is 4740. The number of esters is 3. The Kier molecular flexibility index (Phi) is 25.2. The highest BCUT2D eigenvalue weighted by molar-refractivity contribution is 7.19. The number of nitrogens with zero attached hydrogens (tertiary/aromatic N) is 9. The number of ether oxygens (including phenoxy) is 3. The molecular formula is C74H80BN9O11S2+2. The summed E-state index contributed by atoms with van der Waals surface area (Å²) in [5, 5.41) is 11.2. The van der Waals surface area contributed by atoms with E-state index in [2.05, 4.69) is 98.3 Å². The second-order valence-corrected chi connectivity index (χ2v) is 24.5. The predicted molar refractivity (Wildman–Crippen MR) is 391 cm³/mol. The fourth-order valence-electron chi connectivity index (χ4n) is 10.6. The van der Waals surface area contributed by atoms with Crippen molar-refractivity contribution in [1.82, 2.24) is 15.3 Å². The zero-order chi connectivity index (χ0) is 69.0. The van der Waals surface area contributed by atoms with Gasteiger partial charge in [0.1, 0.15) is 38.3 Å². The second-order valence-electron chi connectivity index (χ2n) is 22.3. The van der Waals surface area contributed by atoms with E-state index in [4.69, 9.17) is 35.5 Å². The van der Waals surface area contributed by atoms with Crippen LogP contribution >= 0.6 is 22.7 Å². The van der Waals surface area contributed by atoms with Crippen molar-refractivity contribution < 1.29 is 51.2 Å². The number of hydrogen-bond acceptors (Lipinski definition) is 20. The van der Waals surface area contributed by atoms with E-state index >= 15 is 0 Å². The summed E-state index contributed by atoms with van der Waals surface area (Å²) in [5.41, 5.74) is 11.1. The molecule has 0 bridgehead atoms. The third-order valence-corrected chi connectivity index (χ3v) is 18.2. The van der Waals surface area contributed by atoms with E-state index in [1.54, 1.807) is 54.7 Å². The summed E-state index contributed by atoms with van der Waals surface area (Å²) >= 11 is 3.30. The molecular weight excluding hydrogens is 1270 g/mol. The van der Waals surface area contributed by atoms with Gasteiger partial charge in [-0.3, -0.25) is 14.4 Å². The molecule has 0 aliphatic carbocycles. The van der Waals surface area contributed by atoms with Crippen LogP contribution in [0.1, 0.15) is 86.8 Å². The zero-order valence-electron chi connectivity index (χ0n) is 56.2. The molecule has 97 heavy (non-hydrogen) atoms. The van der Waals surface area contributed by atoms with Crippen LogP contribution in [-0.2, 0) is 41.7 Å². The molecule has 23 heteroatoms.